The van der Waals surface area contributed by atoms with Crippen molar-refractivity contribution in [1.82, 2.24) is 20.4 Å². The third-order valence-corrected chi connectivity index (χ3v) is 6.29. The highest BCUT2D eigenvalue weighted by molar-refractivity contribution is 5.86. The van der Waals surface area contributed by atoms with E-state index in [1.807, 2.05) is 86.6 Å². The van der Waals surface area contributed by atoms with Crippen molar-refractivity contribution in [2.45, 2.75) is 33.4 Å². The Hall–Kier alpha value is -4.19. The van der Waals surface area contributed by atoms with Gasteiger partial charge in [0.15, 0.2) is 0 Å². The summed E-state index contributed by atoms with van der Waals surface area (Å²) in [4.78, 5) is 19.7. The SMILES string of the molecule is CC1=C(c2nc(-c3ccc(C)cc3)no2)C(c2ccccc2)NC(=O)N1Cc1ccccc1C. The Balaban J connectivity index is 1.60. The molecule has 2 amide bonds. The van der Waals surface area contributed by atoms with Crippen LogP contribution in [0.2, 0.25) is 0 Å². The first-order valence-electron chi connectivity index (χ1n) is 11.3. The van der Waals surface area contributed by atoms with Crippen LogP contribution in [0.15, 0.2) is 89.1 Å². The van der Waals surface area contributed by atoms with Crippen LogP contribution < -0.4 is 5.32 Å². The molecule has 1 N–H and O–H groups in total. The summed E-state index contributed by atoms with van der Waals surface area (Å²) in [6.45, 7) is 6.49. The first-order valence-corrected chi connectivity index (χ1v) is 11.3. The van der Waals surface area contributed by atoms with E-state index in [9.17, 15) is 4.79 Å². The molecule has 170 valence electrons. The standard InChI is InChI=1S/C28H26N4O2/c1-18-13-15-22(16-14-18)26-30-27(34-31-26)24-20(3)32(17-23-12-8-7-9-19(23)2)28(33)29-25(24)21-10-5-4-6-11-21/h4-16,25H,17H2,1-3H3,(H,29,33). The molecule has 0 saturated carbocycles. The zero-order valence-corrected chi connectivity index (χ0v) is 19.4. The highest BCUT2D eigenvalue weighted by Gasteiger charge is 2.35. The van der Waals surface area contributed by atoms with Gasteiger partial charge in [-0.05, 0) is 37.5 Å². The molecule has 34 heavy (non-hydrogen) atoms. The van der Waals surface area contributed by atoms with Crippen molar-refractivity contribution < 1.29 is 9.32 Å². The number of hydrogen-bond acceptors (Lipinski definition) is 4. The van der Waals surface area contributed by atoms with Gasteiger partial charge in [0.05, 0.1) is 18.2 Å². The van der Waals surface area contributed by atoms with E-state index in [2.05, 4.69) is 23.5 Å². The van der Waals surface area contributed by atoms with Gasteiger partial charge in [0.2, 0.25) is 5.82 Å². The molecule has 1 unspecified atom stereocenters. The molecule has 1 aliphatic heterocycles. The molecule has 0 saturated heterocycles. The topological polar surface area (TPSA) is 71.3 Å². The second-order valence-corrected chi connectivity index (χ2v) is 8.59. The van der Waals surface area contributed by atoms with Gasteiger partial charge in [-0.3, -0.25) is 4.90 Å². The molecule has 1 aliphatic rings. The number of hydrogen-bond donors (Lipinski definition) is 1. The van der Waals surface area contributed by atoms with E-state index in [0.717, 1.165) is 39.1 Å². The number of carbonyl (C=O) groups is 1. The fourth-order valence-electron chi connectivity index (χ4n) is 4.25. The quantitative estimate of drug-likeness (QED) is 0.402. The third kappa shape index (κ3) is 4.10. The highest BCUT2D eigenvalue weighted by Crippen LogP contribution is 2.38. The van der Waals surface area contributed by atoms with Crippen LogP contribution in [0.25, 0.3) is 17.0 Å². The molecule has 0 fully saturated rings. The van der Waals surface area contributed by atoms with E-state index in [1.54, 1.807) is 4.90 Å². The zero-order chi connectivity index (χ0) is 23.7. The second-order valence-electron chi connectivity index (χ2n) is 8.59. The summed E-state index contributed by atoms with van der Waals surface area (Å²) < 4.78 is 5.77. The lowest BCUT2D eigenvalue weighted by Crippen LogP contribution is -2.45. The number of benzene rings is 3. The molecule has 1 atom stereocenters. The molecule has 0 bridgehead atoms. The van der Waals surface area contributed by atoms with Crippen LogP contribution >= 0.6 is 0 Å². The zero-order valence-electron chi connectivity index (χ0n) is 19.4. The van der Waals surface area contributed by atoms with Gasteiger partial charge in [0.25, 0.3) is 5.89 Å². The van der Waals surface area contributed by atoms with Crippen molar-refractivity contribution in [1.29, 1.82) is 0 Å². The number of amides is 2. The fourth-order valence-corrected chi connectivity index (χ4v) is 4.25. The number of nitrogens with one attached hydrogen (secondary N) is 1. The number of aryl methyl sites for hydroxylation is 2. The molecule has 4 aromatic rings. The average Bonchev–Trinajstić information content (AvgIpc) is 3.33. The molecule has 0 aliphatic carbocycles. The maximum Gasteiger partial charge on any atom is 0.322 e. The third-order valence-electron chi connectivity index (χ3n) is 6.29. The largest absolute Gasteiger partial charge is 0.334 e. The van der Waals surface area contributed by atoms with Crippen molar-refractivity contribution in [2.24, 2.45) is 0 Å². The van der Waals surface area contributed by atoms with Crippen molar-refractivity contribution in [3.63, 3.8) is 0 Å². The first-order chi connectivity index (χ1) is 16.5. The van der Waals surface area contributed by atoms with Gasteiger partial charge in [-0.15, -0.1) is 0 Å². The summed E-state index contributed by atoms with van der Waals surface area (Å²) in [5, 5.41) is 7.40. The molecule has 3 aromatic carbocycles. The molecule has 0 spiro atoms. The number of allylic oxidation sites excluding steroid dienone is 1. The second kappa shape index (κ2) is 8.98. The van der Waals surface area contributed by atoms with Crippen LogP contribution in [0.5, 0.6) is 0 Å². The Bertz CT molecular complexity index is 1360. The summed E-state index contributed by atoms with van der Waals surface area (Å²) in [6.07, 6.45) is 0. The number of aromatic nitrogens is 2. The van der Waals surface area contributed by atoms with Crippen LogP contribution in [0, 0.1) is 13.8 Å². The molecule has 2 heterocycles. The fraction of sp³-hybridized carbons (Fsp3) is 0.179. The lowest BCUT2D eigenvalue weighted by molar-refractivity contribution is 0.203. The van der Waals surface area contributed by atoms with Gasteiger partial charge >= 0.3 is 6.03 Å². The van der Waals surface area contributed by atoms with Gasteiger partial charge in [0.1, 0.15) is 0 Å². The summed E-state index contributed by atoms with van der Waals surface area (Å²) in [6, 6.07) is 25.4. The summed E-state index contributed by atoms with van der Waals surface area (Å²) >= 11 is 0. The molecular weight excluding hydrogens is 424 g/mol. The Kier molecular flexibility index (Phi) is 5.72. The average molecular weight is 451 g/mol. The number of urea groups is 1. The summed E-state index contributed by atoms with van der Waals surface area (Å²) in [5.41, 5.74) is 6.81. The highest BCUT2D eigenvalue weighted by atomic mass is 16.5. The van der Waals surface area contributed by atoms with E-state index in [1.165, 1.54) is 0 Å². The normalized spacial score (nSPS) is 16.0. The van der Waals surface area contributed by atoms with Gasteiger partial charge in [0, 0.05) is 11.3 Å². The van der Waals surface area contributed by atoms with E-state index >= 15 is 0 Å². The van der Waals surface area contributed by atoms with Gasteiger partial charge in [-0.2, -0.15) is 4.98 Å². The van der Waals surface area contributed by atoms with Crippen molar-refractivity contribution in [3.8, 4) is 11.4 Å². The molecule has 1 aromatic heterocycles. The molecule has 0 radical (unpaired) electrons. The van der Waals surface area contributed by atoms with Crippen molar-refractivity contribution >= 4 is 11.6 Å². The van der Waals surface area contributed by atoms with Crippen LogP contribution in [-0.4, -0.2) is 21.1 Å². The monoisotopic (exact) mass is 450 g/mol. The minimum atomic E-state index is -0.395. The Morgan fingerprint density at radius 2 is 1.62 bits per heavy atom. The molecule has 6 heteroatoms. The first kappa shape index (κ1) is 21.6. The van der Waals surface area contributed by atoms with E-state index in [-0.39, 0.29) is 6.03 Å². The Morgan fingerprint density at radius 3 is 2.35 bits per heavy atom. The Morgan fingerprint density at radius 1 is 0.912 bits per heavy atom. The van der Waals surface area contributed by atoms with Crippen LogP contribution in [0.3, 0.4) is 0 Å². The van der Waals surface area contributed by atoms with E-state index in [4.69, 9.17) is 9.51 Å². The molecular formula is C28H26N4O2. The minimum absolute atomic E-state index is 0.156. The smallest absolute Gasteiger partial charge is 0.322 e. The maximum absolute atomic E-state index is 13.3. The number of carbonyl (C=O) groups excluding carboxylic acids is 1. The maximum atomic E-state index is 13.3. The van der Waals surface area contributed by atoms with Gasteiger partial charge in [-0.25, -0.2) is 4.79 Å². The van der Waals surface area contributed by atoms with Crippen LogP contribution in [0.4, 0.5) is 4.79 Å². The Labute approximate surface area is 198 Å². The van der Waals surface area contributed by atoms with E-state index in [0.29, 0.717) is 18.3 Å². The van der Waals surface area contributed by atoms with Crippen molar-refractivity contribution in [3.05, 3.63) is 113 Å². The molecule has 6 nitrogen and oxygen atoms in total. The van der Waals surface area contributed by atoms with Crippen LogP contribution in [0.1, 0.15) is 41.1 Å². The van der Waals surface area contributed by atoms with Crippen LogP contribution in [-0.2, 0) is 6.54 Å². The molecule has 5 rings (SSSR count). The minimum Gasteiger partial charge on any atom is -0.334 e. The van der Waals surface area contributed by atoms with E-state index < -0.39 is 6.04 Å². The van der Waals surface area contributed by atoms with Gasteiger partial charge in [-0.1, -0.05) is 89.6 Å². The van der Waals surface area contributed by atoms with Crippen molar-refractivity contribution in [2.75, 3.05) is 0 Å². The number of rotatable bonds is 5. The lowest BCUT2D eigenvalue weighted by Gasteiger charge is -2.35. The summed E-state index contributed by atoms with van der Waals surface area (Å²) in [7, 11) is 0. The predicted octanol–water partition coefficient (Wildman–Crippen LogP) is 6.05. The predicted molar refractivity (Wildman–Crippen MR) is 132 cm³/mol. The summed E-state index contributed by atoms with van der Waals surface area (Å²) in [5.74, 6) is 0.918. The number of nitrogens with zero attached hydrogens (tertiary/aromatic N) is 3. The van der Waals surface area contributed by atoms with Gasteiger partial charge < -0.3 is 9.84 Å². The lowest BCUT2D eigenvalue weighted by atomic mass is 9.94.